The summed E-state index contributed by atoms with van der Waals surface area (Å²) in [6.07, 6.45) is 0. The third-order valence-electron chi connectivity index (χ3n) is 1.86. The summed E-state index contributed by atoms with van der Waals surface area (Å²) in [5.41, 5.74) is 0. The number of ether oxygens (including phenoxy) is 2. The zero-order chi connectivity index (χ0) is 9.97. The van der Waals surface area contributed by atoms with Crippen LogP contribution in [0.2, 0.25) is 0 Å². The highest BCUT2D eigenvalue weighted by atomic mass is 79.9. The van der Waals surface area contributed by atoms with E-state index < -0.39 is 0 Å². The topological polar surface area (TPSA) is 18.5 Å². The van der Waals surface area contributed by atoms with E-state index in [0.29, 0.717) is 0 Å². The summed E-state index contributed by atoms with van der Waals surface area (Å²) in [5.74, 6) is 0.852. The molecule has 0 amide bonds. The molecule has 1 heterocycles. The molecule has 0 radical (unpaired) electrons. The van der Waals surface area contributed by atoms with E-state index in [4.69, 9.17) is 9.47 Å². The number of thiophene rings is 1. The van der Waals surface area contributed by atoms with Gasteiger partial charge in [0.15, 0.2) is 6.79 Å². The number of hydrogen-bond acceptors (Lipinski definition) is 3. The molecule has 0 aliphatic rings. The van der Waals surface area contributed by atoms with Crippen LogP contribution in [0, 0.1) is 0 Å². The summed E-state index contributed by atoms with van der Waals surface area (Å²) in [4.78, 5) is 0. The van der Waals surface area contributed by atoms with Crippen LogP contribution >= 0.6 is 27.3 Å². The van der Waals surface area contributed by atoms with Crippen molar-refractivity contribution in [3.05, 3.63) is 28.1 Å². The number of rotatable bonds is 3. The minimum absolute atomic E-state index is 0.271. The van der Waals surface area contributed by atoms with E-state index in [1.165, 1.54) is 4.70 Å². The predicted octanol–water partition coefficient (Wildman–Crippen LogP) is 3.65. The van der Waals surface area contributed by atoms with Crippen LogP contribution in [0.1, 0.15) is 0 Å². The second-order valence-electron chi connectivity index (χ2n) is 2.76. The van der Waals surface area contributed by atoms with Crippen molar-refractivity contribution in [2.45, 2.75) is 0 Å². The van der Waals surface area contributed by atoms with Crippen LogP contribution in [0.4, 0.5) is 0 Å². The summed E-state index contributed by atoms with van der Waals surface area (Å²) in [5, 5.41) is 3.18. The maximum Gasteiger partial charge on any atom is 0.188 e. The van der Waals surface area contributed by atoms with Gasteiger partial charge in [-0.15, -0.1) is 11.3 Å². The second-order valence-corrected chi connectivity index (χ2v) is 4.56. The fraction of sp³-hybridized carbons (Fsp3) is 0.200. The molecule has 0 unspecified atom stereocenters. The van der Waals surface area contributed by atoms with Crippen LogP contribution in [0.15, 0.2) is 28.1 Å². The first-order valence-electron chi connectivity index (χ1n) is 4.10. The SMILES string of the molecule is COCOc1c(Br)ccc2sccc12. The largest absolute Gasteiger partial charge is 0.466 e. The van der Waals surface area contributed by atoms with Crippen LogP contribution in [-0.2, 0) is 4.74 Å². The number of hydrogen-bond donors (Lipinski definition) is 0. The highest BCUT2D eigenvalue weighted by Gasteiger charge is 2.07. The van der Waals surface area contributed by atoms with Gasteiger partial charge in [0.05, 0.1) is 4.47 Å². The molecule has 1 aromatic heterocycles. The minimum Gasteiger partial charge on any atom is -0.466 e. The molecule has 0 atom stereocenters. The molecule has 2 aromatic rings. The van der Waals surface area contributed by atoms with Crippen LogP contribution in [0.5, 0.6) is 5.75 Å². The Morgan fingerprint density at radius 1 is 1.36 bits per heavy atom. The third kappa shape index (κ3) is 1.78. The molecule has 14 heavy (non-hydrogen) atoms. The lowest BCUT2D eigenvalue weighted by atomic mass is 10.2. The van der Waals surface area contributed by atoms with Crippen LogP contribution < -0.4 is 4.74 Å². The number of benzene rings is 1. The molecule has 0 spiro atoms. The number of halogens is 1. The first kappa shape index (κ1) is 9.96. The smallest absolute Gasteiger partial charge is 0.188 e. The van der Waals surface area contributed by atoms with Gasteiger partial charge in [0, 0.05) is 17.2 Å². The fourth-order valence-corrected chi connectivity index (χ4v) is 2.50. The molecule has 0 saturated heterocycles. The Balaban J connectivity index is 2.47. The van der Waals surface area contributed by atoms with Crippen molar-refractivity contribution in [3.63, 3.8) is 0 Å². The highest BCUT2D eigenvalue weighted by molar-refractivity contribution is 9.10. The van der Waals surface area contributed by atoms with Crippen LogP contribution in [-0.4, -0.2) is 13.9 Å². The van der Waals surface area contributed by atoms with Gasteiger partial charge in [0.2, 0.25) is 0 Å². The Kier molecular flexibility index (Phi) is 3.05. The van der Waals surface area contributed by atoms with Gasteiger partial charge < -0.3 is 9.47 Å². The molecule has 0 aliphatic carbocycles. The van der Waals surface area contributed by atoms with Crippen molar-refractivity contribution in [2.75, 3.05) is 13.9 Å². The van der Waals surface area contributed by atoms with E-state index in [1.54, 1.807) is 18.4 Å². The molecule has 2 nitrogen and oxygen atoms in total. The molecule has 0 fully saturated rings. The Hall–Kier alpha value is -0.580. The Morgan fingerprint density at radius 3 is 3.00 bits per heavy atom. The van der Waals surface area contributed by atoms with Gasteiger partial charge in [-0.3, -0.25) is 0 Å². The normalized spacial score (nSPS) is 10.7. The average Bonchev–Trinajstić information content (AvgIpc) is 2.64. The molecule has 0 saturated carbocycles. The van der Waals surface area contributed by atoms with E-state index in [1.807, 2.05) is 6.07 Å². The molecule has 4 heteroatoms. The van der Waals surface area contributed by atoms with Gasteiger partial charge in [0.1, 0.15) is 5.75 Å². The molecule has 74 valence electrons. The predicted molar refractivity (Wildman–Crippen MR) is 62.0 cm³/mol. The first-order chi connectivity index (χ1) is 6.83. The Labute approximate surface area is 94.6 Å². The maximum absolute atomic E-state index is 5.50. The van der Waals surface area contributed by atoms with Crippen LogP contribution in [0.3, 0.4) is 0 Å². The second kappa shape index (κ2) is 4.29. The van der Waals surface area contributed by atoms with Gasteiger partial charge in [0.25, 0.3) is 0 Å². The number of methoxy groups -OCH3 is 1. The molecule has 0 N–H and O–H groups in total. The van der Waals surface area contributed by atoms with E-state index >= 15 is 0 Å². The van der Waals surface area contributed by atoms with Crippen molar-refractivity contribution in [1.29, 1.82) is 0 Å². The minimum atomic E-state index is 0.271. The van der Waals surface area contributed by atoms with Crippen molar-refractivity contribution in [2.24, 2.45) is 0 Å². The third-order valence-corrected chi connectivity index (χ3v) is 3.37. The van der Waals surface area contributed by atoms with Gasteiger partial charge in [-0.1, -0.05) is 0 Å². The Bertz CT molecular complexity index is 439. The lowest BCUT2D eigenvalue weighted by molar-refractivity contribution is 0.0517. The quantitative estimate of drug-likeness (QED) is 0.795. The zero-order valence-corrected chi connectivity index (χ0v) is 10.0. The monoisotopic (exact) mass is 272 g/mol. The molecule has 1 aromatic carbocycles. The van der Waals surface area contributed by atoms with Crippen molar-refractivity contribution >= 4 is 37.4 Å². The molecular weight excluding hydrogens is 264 g/mol. The van der Waals surface area contributed by atoms with E-state index in [2.05, 4.69) is 33.4 Å². The van der Waals surface area contributed by atoms with E-state index in [-0.39, 0.29) is 6.79 Å². The van der Waals surface area contributed by atoms with E-state index in [0.717, 1.165) is 15.6 Å². The van der Waals surface area contributed by atoms with Crippen molar-refractivity contribution < 1.29 is 9.47 Å². The molecule has 0 bridgehead atoms. The maximum atomic E-state index is 5.50. The fourth-order valence-electron chi connectivity index (χ4n) is 1.26. The van der Waals surface area contributed by atoms with Gasteiger partial charge in [-0.05, 0) is 39.5 Å². The summed E-state index contributed by atoms with van der Waals surface area (Å²) >= 11 is 5.16. The average molecular weight is 273 g/mol. The number of fused-ring (bicyclic) bond motifs is 1. The molecular formula is C10H9BrO2S. The van der Waals surface area contributed by atoms with Crippen LogP contribution in [0.25, 0.3) is 10.1 Å². The summed E-state index contributed by atoms with van der Waals surface area (Å²) < 4.78 is 12.6. The highest BCUT2D eigenvalue weighted by Crippen LogP contribution is 2.36. The molecule has 2 rings (SSSR count). The molecule has 0 aliphatic heterocycles. The first-order valence-corrected chi connectivity index (χ1v) is 5.77. The van der Waals surface area contributed by atoms with Gasteiger partial charge >= 0.3 is 0 Å². The Morgan fingerprint density at radius 2 is 2.21 bits per heavy atom. The summed E-state index contributed by atoms with van der Waals surface area (Å²) in [7, 11) is 1.61. The lowest BCUT2D eigenvalue weighted by Gasteiger charge is -2.07. The summed E-state index contributed by atoms with van der Waals surface area (Å²) in [6, 6.07) is 6.11. The van der Waals surface area contributed by atoms with Crippen molar-refractivity contribution in [3.8, 4) is 5.75 Å². The lowest BCUT2D eigenvalue weighted by Crippen LogP contribution is -1.99. The summed E-state index contributed by atoms with van der Waals surface area (Å²) in [6.45, 7) is 0.271. The zero-order valence-electron chi connectivity index (χ0n) is 7.62. The van der Waals surface area contributed by atoms with Crippen molar-refractivity contribution in [1.82, 2.24) is 0 Å². The van der Waals surface area contributed by atoms with Gasteiger partial charge in [-0.2, -0.15) is 0 Å². The van der Waals surface area contributed by atoms with Gasteiger partial charge in [-0.25, -0.2) is 0 Å². The standard InChI is InChI=1S/C10H9BrO2S/c1-12-6-13-10-7-4-5-14-9(7)3-2-8(10)11/h2-5H,6H2,1H3. The van der Waals surface area contributed by atoms with E-state index in [9.17, 15) is 0 Å².